The predicted molar refractivity (Wildman–Crippen MR) is 172 cm³/mol. The van der Waals surface area contributed by atoms with Gasteiger partial charge in [-0.25, -0.2) is 18.4 Å². The van der Waals surface area contributed by atoms with Gasteiger partial charge in [-0.2, -0.15) is 0 Å². The third-order valence-corrected chi connectivity index (χ3v) is 7.94. The zero-order chi connectivity index (χ0) is 32.8. The number of hydrogen-bond donors (Lipinski definition) is 3. The molecule has 0 unspecified atom stereocenters. The van der Waals surface area contributed by atoms with E-state index in [4.69, 9.17) is 9.47 Å². The average molecular weight is 634 g/mol. The molecule has 0 radical (unpaired) electrons. The van der Waals surface area contributed by atoms with Crippen molar-refractivity contribution in [2.24, 2.45) is 0 Å². The Bertz CT molecular complexity index is 2360. The largest absolute Gasteiger partial charge is 0.491 e. The van der Waals surface area contributed by atoms with Crippen molar-refractivity contribution in [3.63, 3.8) is 0 Å². The maximum absolute atomic E-state index is 14.2. The summed E-state index contributed by atoms with van der Waals surface area (Å²) in [5.74, 6) is -3.39. The minimum Gasteiger partial charge on any atom is -0.491 e. The van der Waals surface area contributed by atoms with Gasteiger partial charge < -0.3 is 33.8 Å². The molecule has 0 aliphatic rings. The summed E-state index contributed by atoms with van der Waals surface area (Å²) in [5, 5.41) is 24.5. The number of carboxylic acid groups (broad SMARTS) is 2. The molecule has 0 aliphatic heterocycles. The Morgan fingerprint density at radius 2 is 1.55 bits per heavy atom. The van der Waals surface area contributed by atoms with E-state index in [1.165, 1.54) is 13.2 Å². The molecule has 4 aromatic heterocycles. The van der Waals surface area contributed by atoms with Gasteiger partial charge in [0.15, 0.2) is 23.1 Å². The van der Waals surface area contributed by atoms with Gasteiger partial charge >= 0.3 is 11.9 Å². The van der Waals surface area contributed by atoms with Gasteiger partial charge in [-0.1, -0.05) is 24.3 Å². The number of carboxylic acids is 2. The number of anilines is 1. The number of hydrogen-bond acceptors (Lipinski definition) is 5. The Labute approximate surface area is 265 Å². The number of pyridine rings is 2. The van der Waals surface area contributed by atoms with Crippen LogP contribution in [0.2, 0.25) is 0 Å². The average Bonchev–Trinajstić information content (AvgIpc) is 3.67. The SMILES string of the molecule is COc1c(F)cc(CNc2ccc3cc(-c4cc(Oc5ccn6c(C(=O)O)ccc6c5)cc5ccccc45)cn3c2C(=O)O)cc1F. The molecule has 9 nitrogen and oxygen atoms in total. The van der Waals surface area contributed by atoms with Crippen molar-refractivity contribution in [3.05, 3.63) is 132 Å². The van der Waals surface area contributed by atoms with Crippen molar-refractivity contribution < 1.29 is 38.1 Å². The molecular weight excluding hydrogens is 608 g/mol. The number of nitrogens with one attached hydrogen (secondary N) is 1. The molecule has 3 aromatic carbocycles. The predicted octanol–water partition coefficient (Wildman–Crippen LogP) is 8.10. The highest BCUT2D eigenvalue weighted by molar-refractivity contribution is 6.00. The Morgan fingerprint density at radius 3 is 2.30 bits per heavy atom. The van der Waals surface area contributed by atoms with Crippen molar-refractivity contribution in [2.45, 2.75) is 6.54 Å². The monoisotopic (exact) mass is 633 g/mol. The second kappa shape index (κ2) is 11.5. The first-order chi connectivity index (χ1) is 22.7. The first-order valence-corrected chi connectivity index (χ1v) is 14.4. The molecule has 0 aliphatic carbocycles. The van der Waals surface area contributed by atoms with E-state index >= 15 is 0 Å². The van der Waals surface area contributed by atoms with Crippen molar-refractivity contribution in [2.75, 3.05) is 12.4 Å². The van der Waals surface area contributed by atoms with Crippen molar-refractivity contribution in [1.29, 1.82) is 0 Å². The fraction of sp³-hybridized carbons (Fsp3) is 0.0556. The number of ether oxygens (including phenoxy) is 2. The third-order valence-electron chi connectivity index (χ3n) is 7.94. The lowest BCUT2D eigenvalue weighted by Gasteiger charge is -2.13. The molecule has 11 heteroatoms. The Hall–Kier alpha value is -6.36. The molecule has 7 rings (SSSR count). The second-order valence-electron chi connectivity index (χ2n) is 10.8. The number of methoxy groups -OCH3 is 1. The van der Waals surface area contributed by atoms with Crippen LogP contribution >= 0.6 is 0 Å². The minimum absolute atomic E-state index is 0.0333. The van der Waals surface area contributed by atoms with E-state index in [9.17, 15) is 28.6 Å². The van der Waals surface area contributed by atoms with Gasteiger partial charge in [0, 0.05) is 41.6 Å². The molecule has 7 aromatic rings. The summed E-state index contributed by atoms with van der Waals surface area (Å²) < 4.78 is 42.6. The summed E-state index contributed by atoms with van der Waals surface area (Å²) in [5.41, 5.74) is 3.43. The van der Waals surface area contributed by atoms with Crippen LogP contribution in [0.5, 0.6) is 17.2 Å². The van der Waals surface area contributed by atoms with Crippen LogP contribution in [0.3, 0.4) is 0 Å². The third kappa shape index (κ3) is 5.33. The van der Waals surface area contributed by atoms with E-state index in [-0.39, 0.29) is 29.2 Å². The zero-order valence-electron chi connectivity index (χ0n) is 24.7. The van der Waals surface area contributed by atoms with Crippen LogP contribution in [-0.2, 0) is 6.54 Å². The van der Waals surface area contributed by atoms with Gasteiger partial charge in [-0.15, -0.1) is 0 Å². The maximum atomic E-state index is 14.2. The first kappa shape index (κ1) is 29.4. The summed E-state index contributed by atoms with van der Waals surface area (Å²) in [6.45, 7) is -0.0333. The van der Waals surface area contributed by atoms with Crippen LogP contribution < -0.4 is 14.8 Å². The van der Waals surface area contributed by atoms with E-state index in [1.807, 2.05) is 42.5 Å². The van der Waals surface area contributed by atoms with Crippen LogP contribution in [0.1, 0.15) is 26.5 Å². The van der Waals surface area contributed by atoms with E-state index in [0.717, 1.165) is 34.0 Å². The molecule has 3 N–H and O–H groups in total. The van der Waals surface area contributed by atoms with E-state index < -0.39 is 29.3 Å². The first-order valence-electron chi connectivity index (χ1n) is 14.4. The van der Waals surface area contributed by atoms with Crippen LogP contribution in [0, 0.1) is 11.6 Å². The number of nitrogens with zero attached hydrogens (tertiary/aromatic N) is 2. The van der Waals surface area contributed by atoms with Gasteiger partial charge in [-0.05, 0) is 82.6 Å². The fourth-order valence-electron chi connectivity index (χ4n) is 5.84. The highest BCUT2D eigenvalue weighted by Gasteiger charge is 2.19. The zero-order valence-corrected chi connectivity index (χ0v) is 24.7. The Kier molecular flexibility index (Phi) is 7.20. The lowest BCUT2D eigenvalue weighted by atomic mass is 9.99. The quantitative estimate of drug-likeness (QED) is 0.147. The molecule has 0 spiro atoms. The second-order valence-corrected chi connectivity index (χ2v) is 10.8. The molecule has 0 saturated carbocycles. The van der Waals surface area contributed by atoms with Crippen LogP contribution in [-0.4, -0.2) is 38.1 Å². The van der Waals surface area contributed by atoms with E-state index in [0.29, 0.717) is 22.5 Å². The maximum Gasteiger partial charge on any atom is 0.355 e. The molecule has 0 amide bonds. The van der Waals surface area contributed by atoms with Gasteiger partial charge in [0.05, 0.1) is 12.8 Å². The standard InChI is InChI=1S/C36H25F2N3O6/c1-46-34-29(37)12-20(13-30(34)38)18-39-31-8-6-23-14-22(19-41(23)33(31)36(44)45)28-17-26(15-21-4-2-3-5-27(21)28)47-25-10-11-40-24(16-25)7-9-32(40)35(42)43/h2-17,19,39H,18H2,1H3,(H,42,43)(H,44,45). The number of aromatic nitrogens is 2. The molecule has 0 bridgehead atoms. The van der Waals surface area contributed by atoms with Gasteiger partial charge in [-0.3, -0.25) is 0 Å². The number of rotatable bonds is 9. The summed E-state index contributed by atoms with van der Waals surface area (Å²) >= 11 is 0. The minimum atomic E-state index is -1.19. The number of carbonyl (C=O) groups is 2. The summed E-state index contributed by atoms with van der Waals surface area (Å²) in [4.78, 5) is 24.0. The highest BCUT2D eigenvalue weighted by atomic mass is 19.1. The number of aromatic carboxylic acids is 2. The molecule has 234 valence electrons. The van der Waals surface area contributed by atoms with Crippen molar-refractivity contribution >= 4 is 39.4 Å². The molecule has 0 atom stereocenters. The Morgan fingerprint density at radius 1 is 0.809 bits per heavy atom. The number of halogens is 2. The summed E-state index contributed by atoms with van der Waals surface area (Å²) in [7, 11) is 1.18. The van der Waals surface area contributed by atoms with Gasteiger partial charge in [0.25, 0.3) is 0 Å². The lowest BCUT2D eigenvalue weighted by Crippen LogP contribution is -2.11. The molecule has 4 heterocycles. The van der Waals surface area contributed by atoms with Crippen molar-refractivity contribution in [3.8, 4) is 28.4 Å². The normalized spacial score (nSPS) is 11.3. The molecule has 47 heavy (non-hydrogen) atoms. The number of benzene rings is 3. The van der Waals surface area contributed by atoms with E-state index in [2.05, 4.69) is 5.32 Å². The smallest absolute Gasteiger partial charge is 0.355 e. The number of fused-ring (bicyclic) bond motifs is 3. The molecule has 0 fully saturated rings. The fourth-order valence-corrected chi connectivity index (χ4v) is 5.84. The van der Waals surface area contributed by atoms with Crippen LogP contribution in [0.4, 0.5) is 14.5 Å². The highest BCUT2D eigenvalue weighted by Crippen LogP contribution is 2.37. The Balaban J connectivity index is 1.26. The summed E-state index contributed by atoms with van der Waals surface area (Å²) in [6.07, 6.45) is 3.36. The van der Waals surface area contributed by atoms with Gasteiger partial charge in [0.2, 0.25) is 0 Å². The molecular formula is C36H25F2N3O6. The van der Waals surface area contributed by atoms with Crippen LogP contribution in [0.15, 0.2) is 103 Å². The topological polar surface area (TPSA) is 114 Å². The summed E-state index contributed by atoms with van der Waals surface area (Å²) in [6, 6.07) is 25.7. The van der Waals surface area contributed by atoms with E-state index in [1.54, 1.807) is 51.5 Å². The van der Waals surface area contributed by atoms with Gasteiger partial charge in [0.1, 0.15) is 17.2 Å². The van der Waals surface area contributed by atoms with Crippen LogP contribution in [0.25, 0.3) is 32.9 Å². The van der Waals surface area contributed by atoms with Crippen molar-refractivity contribution in [1.82, 2.24) is 8.80 Å². The molecule has 0 saturated heterocycles. The lowest BCUT2D eigenvalue weighted by molar-refractivity contribution is 0.0679.